The number of carbonyl (C=O) groups is 1. The first-order valence-electron chi connectivity index (χ1n) is 8.45. The van der Waals surface area contributed by atoms with Gasteiger partial charge in [-0.25, -0.2) is 0 Å². The molecule has 0 aromatic heterocycles. The Bertz CT molecular complexity index is 383. The summed E-state index contributed by atoms with van der Waals surface area (Å²) in [4.78, 5) is 13.3. The molecule has 1 rings (SSSR count). The molecule has 0 heterocycles. The monoisotopic (exact) mass is 306 g/mol. The molecule has 0 saturated heterocycles. The molecule has 0 unspecified atom stereocenters. The van der Waals surface area contributed by atoms with Crippen LogP contribution < -0.4 is 0 Å². The highest BCUT2D eigenvalue weighted by Crippen LogP contribution is 2.17. The van der Waals surface area contributed by atoms with Gasteiger partial charge in [0.2, 0.25) is 0 Å². The molecular weight excluding hydrogens is 276 g/mol. The molecule has 21 heavy (non-hydrogen) atoms. The summed E-state index contributed by atoms with van der Waals surface area (Å²) in [7, 11) is 0. The second-order valence-corrected chi connectivity index (χ2v) is 6.61. The van der Waals surface area contributed by atoms with Crippen molar-refractivity contribution in [2.75, 3.05) is 6.26 Å². The zero-order valence-corrected chi connectivity index (χ0v) is 14.5. The van der Waals surface area contributed by atoms with Crippen LogP contribution in [0, 0.1) is 0 Å². The van der Waals surface area contributed by atoms with Crippen LogP contribution in [0.3, 0.4) is 0 Å². The van der Waals surface area contributed by atoms with Crippen LogP contribution in [-0.2, 0) is 0 Å². The molecule has 0 saturated carbocycles. The Morgan fingerprint density at radius 3 is 1.90 bits per heavy atom. The smallest absolute Gasteiger partial charge is 0.162 e. The first-order valence-corrected chi connectivity index (χ1v) is 9.67. The van der Waals surface area contributed by atoms with Gasteiger partial charge in [-0.1, -0.05) is 70.4 Å². The third-order valence-corrected chi connectivity index (χ3v) is 4.66. The van der Waals surface area contributed by atoms with Crippen molar-refractivity contribution in [3.63, 3.8) is 0 Å². The molecule has 2 heteroatoms. The van der Waals surface area contributed by atoms with E-state index in [2.05, 4.69) is 13.2 Å². The molecular formula is C19H30OS. The number of carbonyl (C=O) groups excluding carboxylic acids is 1. The van der Waals surface area contributed by atoms with Crippen molar-refractivity contribution >= 4 is 17.5 Å². The van der Waals surface area contributed by atoms with Gasteiger partial charge in [-0.05, 0) is 24.8 Å². The van der Waals surface area contributed by atoms with Crippen molar-refractivity contribution in [1.29, 1.82) is 0 Å². The molecule has 0 N–H and O–H groups in total. The largest absolute Gasteiger partial charge is 0.294 e. The summed E-state index contributed by atoms with van der Waals surface area (Å²) >= 11 is 1.71. The quantitative estimate of drug-likeness (QED) is 0.249. The molecule has 1 nitrogen and oxygen atoms in total. The van der Waals surface area contributed by atoms with E-state index in [1.165, 1.54) is 56.3 Å². The molecule has 0 aliphatic heterocycles. The van der Waals surface area contributed by atoms with E-state index < -0.39 is 0 Å². The number of thioether (sulfide) groups is 1. The predicted molar refractivity (Wildman–Crippen MR) is 94.4 cm³/mol. The molecule has 1 aromatic rings. The molecule has 0 bridgehead atoms. The first kappa shape index (κ1) is 18.3. The van der Waals surface area contributed by atoms with Gasteiger partial charge in [-0.2, -0.15) is 0 Å². The van der Waals surface area contributed by atoms with Gasteiger partial charge in [-0.15, -0.1) is 11.8 Å². The number of Topliss-reactive ketones (excluding diaryl/α,β-unsaturated/α-hetero) is 1. The lowest BCUT2D eigenvalue weighted by Gasteiger charge is -2.03. The molecule has 0 aliphatic rings. The molecule has 0 spiro atoms. The van der Waals surface area contributed by atoms with Gasteiger partial charge in [0.25, 0.3) is 0 Å². The van der Waals surface area contributed by atoms with E-state index in [-0.39, 0.29) is 0 Å². The minimum atomic E-state index is 0.297. The van der Waals surface area contributed by atoms with Crippen LogP contribution in [0.5, 0.6) is 0 Å². The van der Waals surface area contributed by atoms with Crippen molar-refractivity contribution in [2.45, 2.75) is 76.0 Å². The van der Waals surface area contributed by atoms with E-state index in [4.69, 9.17) is 0 Å². The van der Waals surface area contributed by atoms with E-state index >= 15 is 0 Å². The summed E-state index contributed by atoms with van der Waals surface area (Å²) in [6.45, 7) is 2.26. The number of ketones is 1. The van der Waals surface area contributed by atoms with Crippen molar-refractivity contribution in [2.24, 2.45) is 0 Å². The van der Waals surface area contributed by atoms with E-state index in [9.17, 15) is 4.79 Å². The standard InChI is InChI=1S/C19H30OS/c1-3-4-5-6-7-8-9-10-11-12-19(20)17-13-15-18(21-2)16-14-17/h13-16H,3-12H2,1-2H3. The third-order valence-electron chi connectivity index (χ3n) is 3.92. The summed E-state index contributed by atoms with van der Waals surface area (Å²) in [5, 5.41) is 0. The molecule has 0 fully saturated rings. The van der Waals surface area contributed by atoms with Crippen LogP contribution in [0.1, 0.15) is 81.5 Å². The normalized spacial score (nSPS) is 10.8. The number of rotatable bonds is 12. The van der Waals surface area contributed by atoms with E-state index in [0.29, 0.717) is 12.2 Å². The fraction of sp³-hybridized carbons (Fsp3) is 0.632. The highest BCUT2D eigenvalue weighted by molar-refractivity contribution is 7.98. The number of hydrogen-bond acceptors (Lipinski definition) is 2. The molecule has 0 amide bonds. The number of benzene rings is 1. The van der Waals surface area contributed by atoms with Crippen molar-refractivity contribution in [3.8, 4) is 0 Å². The fourth-order valence-corrected chi connectivity index (χ4v) is 2.93. The van der Waals surface area contributed by atoms with Gasteiger partial charge in [0.1, 0.15) is 0 Å². The van der Waals surface area contributed by atoms with E-state index in [1.807, 2.05) is 24.3 Å². The maximum Gasteiger partial charge on any atom is 0.162 e. The zero-order valence-electron chi connectivity index (χ0n) is 13.7. The van der Waals surface area contributed by atoms with Gasteiger partial charge in [0, 0.05) is 16.9 Å². The maximum atomic E-state index is 12.0. The van der Waals surface area contributed by atoms with Crippen LogP contribution in [0.25, 0.3) is 0 Å². The van der Waals surface area contributed by atoms with E-state index in [0.717, 1.165) is 12.0 Å². The van der Waals surface area contributed by atoms with Crippen molar-refractivity contribution in [3.05, 3.63) is 29.8 Å². The average Bonchev–Trinajstić information content (AvgIpc) is 2.53. The van der Waals surface area contributed by atoms with Gasteiger partial charge < -0.3 is 0 Å². The highest BCUT2D eigenvalue weighted by atomic mass is 32.2. The Labute approximate surface area is 134 Å². The maximum absolute atomic E-state index is 12.0. The van der Waals surface area contributed by atoms with Crippen LogP contribution in [-0.4, -0.2) is 12.0 Å². The molecule has 0 aliphatic carbocycles. The van der Waals surface area contributed by atoms with Crippen molar-refractivity contribution < 1.29 is 4.79 Å². The summed E-state index contributed by atoms with van der Waals surface area (Å²) in [5.41, 5.74) is 0.868. The molecule has 0 radical (unpaired) electrons. The van der Waals surface area contributed by atoms with Gasteiger partial charge >= 0.3 is 0 Å². The summed E-state index contributed by atoms with van der Waals surface area (Å²) < 4.78 is 0. The molecule has 0 atom stereocenters. The highest BCUT2D eigenvalue weighted by Gasteiger charge is 2.05. The Morgan fingerprint density at radius 2 is 1.38 bits per heavy atom. The average molecular weight is 307 g/mol. The second kappa shape index (κ2) is 11.9. The number of unbranched alkanes of at least 4 members (excludes halogenated alkanes) is 8. The van der Waals surface area contributed by atoms with Crippen LogP contribution >= 0.6 is 11.8 Å². The SMILES string of the molecule is CCCCCCCCCCCC(=O)c1ccc(SC)cc1. The van der Waals surface area contributed by atoms with Gasteiger partial charge in [0.05, 0.1) is 0 Å². The van der Waals surface area contributed by atoms with Crippen LogP contribution in [0.4, 0.5) is 0 Å². The lowest BCUT2D eigenvalue weighted by Crippen LogP contribution is -1.98. The number of hydrogen-bond donors (Lipinski definition) is 0. The Hall–Kier alpha value is -0.760. The van der Waals surface area contributed by atoms with E-state index in [1.54, 1.807) is 11.8 Å². The minimum absolute atomic E-state index is 0.297. The predicted octanol–water partition coefficient (Wildman–Crippen LogP) is 6.51. The van der Waals surface area contributed by atoms with Gasteiger partial charge in [0.15, 0.2) is 5.78 Å². The fourth-order valence-electron chi connectivity index (χ4n) is 2.52. The van der Waals surface area contributed by atoms with Crippen LogP contribution in [0.15, 0.2) is 29.2 Å². The minimum Gasteiger partial charge on any atom is -0.294 e. The summed E-state index contributed by atoms with van der Waals surface area (Å²) in [6.07, 6.45) is 14.4. The second-order valence-electron chi connectivity index (χ2n) is 5.73. The zero-order chi connectivity index (χ0) is 15.3. The summed E-state index contributed by atoms with van der Waals surface area (Å²) in [5.74, 6) is 0.297. The lowest BCUT2D eigenvalue weighted by molar-refractivity contribution is 0.0979. The molecule has 118 valence electrons. The summed E-state index contributed by atoms with van der Waals surface area (Å²) in [6, 6.07) is 7.99. The van der Waals surface area contributed by atoms with Crippen molar-refractivity contribution in [1.82, 2.24) is 0 Å². The topological polar surface area (TPSA) is 17.1 Å². The molecule has 1 aromatic carbocycles. The Balaban J connectivity index is 2.05. The van der Waals surface area contributed by atoms with Gasteiger partial charge in [-0.3, -0.25) is 4.79 Å². The Kier molecular flexibility index (Phi) is 10.3. The lowest BCUT2D eigenvalue weighted by atomic mass is 10.0. The Morgan fingerprint density at radius 1 is 0.857 bits per heavy atom. The first-order chi connectivity index (χ1) is 10.3. The van der Waals surface area contributed by atoms with Crippen LogP contribution in [0.2, 0.25) is 0 Å². The third kappa shape index (κ3) is 8.31.